The minimum absolute atomic E-state index is 0.351. The largest absolute Gasteiger partial charge is 0.366 e. The number of nitrogens with two attached hydrogens (primary N) is 1. The van der Waals surface area contributed by atoms with Crippen LogP contribution in [0.5, 0.6) is 0 Å². The minimum atomic E-state index is -0.351. The van der Waals surface area contributed by atoms with Gasteiger partial charge < -0.3 is 5.73 Å². The highest BCUT2D eigenvalue weighted by molar-refractivity contribution is 5.92. The van der Waals surface area contributed by atoms with Crippen LogP contribution in [0.25, 0.3) is 0 Å². The van der Waals surface area contributed by atoms with Gasteiger partial charge in [0.2, 0.25) is 5.91 Å². The van der Waals surface area contributed by atoms with Gasteiger partial charge in [-0.2, -0.15) is 0 Å². The van der Waals surface area contributed by atoms with Crippen molar-refractivity contribution in [2.45, 2.75) is 13.0 Å². The number of primary amides is 1. The van der Waals surface area contributed by atoms with Gasteiger partial charge in [-0.1, -0.05) is 12.1 Å². The molecule has 0 aromatic heterocycles. The lowest BCUT2D eigenvalue weighted by molar-refractivity contribution is 0.1000. The highest BCUT2D eigenvalue weighted by Gasteiger charge is 2.13. The standard InChI is InChI=1S/C11H14N2O/c12-11(14)10-4-1-3-9(7-10)8-13-5-2-6-13/h1,3-4,7H,2,5-6,8H2,(H2,12,14). The van der Waals surface area contributed by atoms with Crippen molar-refractivity contribution in [2.24, 2.45) is 5.73 Å². The zero-order valence-electron chi connectivity index (χ0n) is 8.07. The van der Waals surface area contributed by atoms with Gasteiger partial charge in [-0.05, 0) is 37.2 Å². The predicted molar refractivity (Wildman–Crippen MR) is 54.9 cm³/mol. The van der Waals surface area contributed by atoms with Crippen molar-refractivity contribution in [3.05, 3.63) is 35.4 Å². The smallest absolute Gasteiger partial charge is 0.248 e. The quantitative estimate of drug-likeness (QED) is 0.772. The second kappa shape index (κ2) is 3.80. The first-order chi connectivity index (χ1) is 6.75. The van der Waals surface area contributed by atoms with E-state index >= 15 is 0 Å². The van der Waals surface area contributed by atoms with Crippen LogP contribution in [0.15, 0.2) is 24.3 Å². The van der Waals surface area contributed by atoms with Gasteiger partial charge in [0.1, 0.15) is 0 Å². The Labute approximate surface area is 83.5 Å². The average Bonchev–Trinajstić information content (AvgIpc) is 2.12. The van der Waals surface area contributed by atoms with Gasteiger partial charge >= 0.3 is 0 Å². The zero-order chi connectivity index (χ0) is 9.97. The van der Waals surface area contributed by atoms with Crippen molar-refractivity contribution in [1.82, 2.24) is 4.90 Å². The highest BCUT2D eigenvalue weighted by atomic mass is 16.1. The molecule has 0 atom stereocenters. The molecule has 1 aromatic rings. The first-order valence-electron chi connectivity index (χ1n) is 4.87. The zero-order valence-corrected chi connectivity index (χ0v) is 8.07. The normalized spacial score (nSPS) is 16.3. The maximum Gasteiger partial charge on any atom is 0.248 e. The van der Waals surface area contributed by atoms with Crippen LogP contribution in [0.4, 0.5) is 0 Å². The molecule has 3 heteroatoms. The molecule has 14 heavy (non-hydrogen) atoms. The van der Waals surface area contributed by atoms with Crippen LogP contribution in [-0.4, -0.2) is 23.9 Å². The van der Waals surface area contributed by atoms with Crippen molar-refractivity contribution in [3.8, 4) is 0 Å². The number of nitrogens with zero attached hydrogens (tertiary/aromatic N) is 1. The van der Waals surface area contributed by atoms with Crippen LogP contribution in [0.1, 0.15) is 22.3 Å². The fraction of sp³-hybridized carbons (Fsp3) is 0.364. The van der Waals surface area contributed by atoms with Gasteiger partial charge in [0.15, 0.2) is 0 Å². The van der Waals surface area contributed by atoms with Crippen LogP contribution in [0, 0.1) is 0 Å². The summed E-state index contributed by atoms with van der Waals surface area (Å²) in [6, 6.07) is 7.54. The van der Waals surface area contributed by atoms with Crippen LogP contribution in [0.2, 0.25) is 0 Å². The first kappa shape index (κ1) is 9.21. The van der Waals surface area contributed by atoms with E-state index < -0.39 is 0 Å². The Bertz CT molecular complexity index is 345. The number of carbonyl (C=O) groups excluding carboxylic acids is 1. The van der Waals surface area contributed by atoms with Crippen LogP contribution in [-0.2, 0) is 6.54 Å². The molecule has 0 aliphatic carbocycles. The topological polar surface area (TPSA) is 46.3 Å². The second-order valence-corrected chi connectivity index (χ2v) is 3.69. The molecule has 1 aliphatic rings. The van der Waals surface area contributed by atoms with E-state index in [1.165, 1.54) is 25.1 Å². The third kappa shape index (κ3) is 1.93. The number of hydrogen-bond acceptors (Lipinski definition) is 2. The van der Waals surface area contributed by atoms with Crippen LogP contribution >= 0.6 is 0 Å². The fourth-order valence-electron chi connectivity index (χ4n) is 1.62. The summed E-state index contributed by atoms with van der Waals surface area (Å²) < 4.78 is 0. The molecule has 0 radical (unpaired) electrons. The van der Waals surface area contributed by atoms with Gasteiger partial charge in [0.05, 0.1) is 0 Å². The molecule has 0 bridgehead atoms. The van der Waals surface area contributed by atoms with E-state index in [9.17, 15) is 4.79 Å². The van der Waals surface area contributed by atoms with Gasteiger partial charge in [-0.25, -0.2) is 0 Å². The number of hydrogen-bond donors (Lipinski definition) is 1. The molecule has 1 fully saturated rings. The SMILES string of the molecule is NC(=O)c1cccc(CN2CCC2)c1. The van der Waals surface area contributed by atoms with Crippen molar-refractivity contribution in [1.29, 1.82) is 0 Å². The summed E-state index contributed by atoms with van der Waals surface area (Å²) in [5.74, 6) is -0.351. The summed E-state index contributed by atoms with van der Waals surface area (Å²) in [4.78, 5) is 13.3. The van der Waals surface area contributed by atoms with Crippen LogP contribution in [0.3, 0.4) is 0 Å². The van der Waals surface area contributed by atoms with Crippen molar-refractivity contribution < 1.29 is 4.79 Å². The third-order valence-corrected chi connectivity index (χ3v) is 2.57. The van der Waals surface area contributed by atoms with E-state index in [1.807, 2.05) is 18.2 Å². The molecule has 1 heterocycles. The molecule has 1 amide bonds. The minimum Gasteiger partial charge on any atom is -0.366 e. The molecule has 1 aliphatic heterocycles. The maximum atomic E-state index is 10.9. The Morgan fingerprint density at radius 2 is 2.21 bits per heavy atom. The van der Waals surface area contributed by atoms with E-state index in [-0.39, 0.29) is 5.91 Å². The summed E-state index contributed by atoms with van der Waals surface area (Å²) in [7, 11) is 0. The molecule has 0 unspecified atom stereocenters. The lowest BCUT2D eigenvalue weighted by Crippen LogP contribution is -2.36. The Kier molecular flexibility index (Phi) is 2.50. The summed E-state index contributed by atoms with van der Waals surface area (Å²) in [5.41, 5.74) is 6.98. The number of likely N-dealkylation sites (tertiary alicyclic amines) is 1. The lowest BCUT2D eigenvalue weighted by Gasteiger charge is -2.30. The van der Waals surface area contributed by atoms with E-state index in [2.05, 4.69) is 4.90 Å². The molecular weight excluding hydrogens is 176 g/mol. The number of rotatable bonds is 3. The van der Waals surface area contributed by atoms with Gasteiger partial charge in [-0.15, -0.1) is 0 Å². The van der Waals surface area contributed by atoms with Gasteiger partial charge in [0, 0.05) is 12.1 Å². The Morgan fingerprint density at radius 3 is 2.79 bits per heavy atom. The molecule has 1 saturated heterocycles. The average molecular weight is 190 g/mol. The van der Waals surface area contributed by atoms with E-state index in [0.29, 0.717) is 5.56 Å². The summed E-state index contributed by atoms with van der Waals surface area (Å²) in [6.07, 6.45) is 1.29. The third-order valence-electron chi connectivity index (χ3n) is 2.57. The fourth-order valence-corrected chi connectivity index (χ4v) is 1.62. The van der Waals surface area contributed by atoms with Crippen molar-refractivity contribution >= 4 is 5.91 Å². The van der Waals surface area contributed by atoms with Gasteiger partial charge in [-0.3, -0.25) is 9.69 Å². The molecule has 0 saturated carbocycles. The van der Waals surface area contributed by atoms with E-state index in [4.69, 9.17) is 5.73 Å². The van der Waals surface area contributed by atoms with E-state index in [1.54, 1.807) is 6.07 Å². The van der Waals surface area contributed by atoms with Crippen molar-refractivity contribution in [2.75, 3.05) is 13.1 Å². The number of carbonyl (C=O) groups is 1. The number of amides is 1. The van der Waals surface area contributed by atoms with Gasteiger partial charge in [0.25, 0.3) is 0 Å². The monoisotopic (exact) mass is 190 g/mol. The molecule has 1 aromatic carbocycles. The van der Waals surface area contributed by atoms with E-state index in [0.717, 1.165) is 6.54 Å². The first-order valence-corrected chi connectivity index (χ1v) is 4.87. The predicted octanol–water partition coefficient (Wildman–Crippen LogP) is 0.991. The Balaban J connectivity index is 2.09. The molecule has 0 spiro atoms. The molecular formula is C11H14N2O. The summed E-state index contributed by atoms with van der Waals surface area (Å²) in [5, 5.41) is 0. The molecule has 2 rings (SSSR count). The summed E-state index contributed by atoms with van der Waals surface area (Å²) in [6.45, 7) is 3.27. The summed E-state index contributed by atoms with van der Waals surface area (Å²) >= 11 is 0. The Morgan fingerprint density at radius 1 is 1.43 bits per heavy atom. The highest BCUT2D eigenvalue weighted by Crippen LogP contribution is 2.13. The Hall–Kier alpha value is -1.35. The van der Waals surface area contributed by atoms with Crippen molar-refractivity contribution in [3.63, 3.8) is 0 Å². The maximum absolute atomic E-state index is 10.9. The lowest BCUT2D eigenvalue weighted by atomic mass is 10.1. The van der Waals surface area contributed by atoms with Crippen LogP contribution < -0.4 is 5.73 Å². The number of benzene rings is 1. The molecule has 74 valence electrons. The second-order valence-electron chi connectivity index (χ2n) is 3.69. The molecule has 3 nitrogen and oxygen atoms in total. The molecule has 2 N–H and O–H groups in total.